The molecule has 0 aliphatic heterocycles. The van der Waals surface area contributed by atoms with E-state index in [1.165, 1.54) is 50.9 Å². The number of nitrogens with zero attached hydrogens (tertiary/aromatic N) is 1. The molecule has 0 aromatic carbocycles. The Kier molecular flexibility index (Phi) is 3.37. The minimum atomic E-state index is -0.0962. The molecule has 0 spiro atoms. The number of aromatic amines is 1. The monoisotopic (exact) mass is 207 g/mol. The third kappa shape index (κ3) is 3.08. The molecule has 0 amide bonds. The third-order valence-electron chi connectivity index (χ3n) is 2.89. The minimum Gasteiger partial charge on any atom is -0.367 e. The Labute approximate surface area is 89.1 Å². The minimum absolute atomic E-state index is 0.0962. The summed E-state index contributed by atoms with van der Waals surface area (Å²) in [5.74, 6) is 0.700. The molecular formula is C11H17N3O. The molecular weight excluding hydrogens is 190 g/mol. The van der Waals surface area contributed by atoms with Crippen LogP contribution in [-0.4, -0.2) is 16.0 Å². The highest BCUT2D eigenvalue weighted by Gasteiger charge is 2.12. The van der Waals surface area contributed by atoms with Crippen LogP contribution in [0.5, 0.6) is 0 Å². The Morgan fingerprint density at radius 1 is 1.27 bits per heavy atom. The first-order chi connectivity index (χ1) is 7.34. The highest BCUT2D eigenvalue weighted by molar-refractivity contribution is 5.32. The summed E-state index contributed by atoms with van der Waals surface area (Å²) in [4.78, 5) is 17.7. The SMILES string of the molecule is O=c1cc(NC2CCCCCC2)nc[nH]1. The molecule has 0 bridgehead atoms. The smallest absolute Gasteiger partial charge is 0.252 e. The number of rotatable bonds is 2. The first-order valence-corrected chi connectivity index (χ1v) is 5.66. The van der Waals surface area contributed by atoms with Crippen LogP contribution in [0, 0.1) is 0 Å². The van der Waals surface area contributed by atoms with Crippen molar-refractivity contribution in [2.75, 3.05) is 5.32 Å². The zero-order chi connectivity index (χ0) is 10.5. The fourth-order valence-corrected chi connectivity index (χ4v) is 2.08. The van der Waals surface area contributed by atoms with Gasteiger partial charge in [-0.25, -0.2) is 4.98 Å². The van der Waals surface area contributed by atoms with E-state index in [2.05, 4.69) is 15.3 Å². The lowest BCUT2D eigenvalue weighted by molar-refractivity contribution is 0.617. The maximum Gasteiger partial charge on any atom is 0.252 e. The van der Waals surface area contributed by atoms with Crippen LogP contribution in [0.15, 0.2) is 17.2 Å². The summed E-state index contributed by atoms with van der Waals surface area (Å²) < 4.78 is 0. The molecule has 0 atom stereocenters. The van der Waals surface area contributed by atoms with Gasteiger partial charge in [-0.15, -0.1) is 0 Å². The average Bonchev–Trinajstić information content (AvgIpc) is 2.46. The normalized spacial score (nSPS) is 18.4. The van der Waals surface area contributed by atoms with Gasteiger partial charge in [0.25, 0.3) is 5.56 Å². The second-order valence-corrected chi connectivity index (χ2v) is 4.13. The van der Waals surface area contributed by atoms with Gasteiger partial charge in [-0.2, -0.15) is 0 Å². The number of hydrogen-bond acceptors (Lipinski definition) is 3. The first kappa shape index (κ1) is 10.2. The fraction of sp³-hybridized carbons (Fsp3) is 0.636. The number of hydrogen-bond donors (Lipinski definition) is 2. The molecule has 1 aromatic heterocycles. The predicted octanol–water partition coefficient (Wildman–Crippen LogP) is 1.90. The van der Waals surface area contributed by atoms with Crippen LogP contribution < -0.4 is 10.9 Å². The molecule has 1 saturated carbocycles. The van der Waals surface area contributed by atoms with E-state index < -0.39 is 0 Å². The molecule has 0 saturated heterocycles. The van der Waals surface area contributed by atoms with Gasteiger partial charge in [-0.1, -0.05) is 25.7 Å². The molecule has 1 aliphatic carbocycles. The van der Waals surface area contributed by atoms with E-state index in [9.17, 15) is 4.79 Å². The average molecular weight is 207 g/mol. The summed E-state index contributed by atoms with van der Waals surface area (Å²) in [7, 11) is 0. The van der Waals surface area contributed by atoms with Crippen LogP contribution in [0.1, 0.15) is 38.5 Å². The number of anilines is 1. The van der Waals surface area contributed by atoms with Gasteiger partial charge in [0.15, 0.2) is 0 Å². The van der Waals surface area contributed by atoms with E-state index in [1.54, 1.807) is 0 Å². The Morgan fingerprint density at radius 3 is 2.67 bits per heavy atom. The second-order valence-electron chi connectivity index (χ2n) is 4.13. The van der Waals surface area contributed by atoms with E-state index in [1.807, 2.05) is 0 Å². The molecule has 1 heterocycles. The highest BCUT2D eigenvalue weighted by atomic mass is 16.1. The van der Waals surface area contributed by atoms with Crippen molar-refractivity contribution in [3.63, 3.8) is 0 Å². The Hall–Kier alpha value is -1.32. The molecule has 1 aliphatic rings. The molecule has 1 aromatic rings. The summed E-state index contributed by atoms with van der Waals surface area (Å²) >= 11 is 0. The van der Waals surface area contributed by atoms with E-state index in [-0.39, 0.29) is 5.56 Å². The van der Waals surface area contributed by atoms with E-state index in [4.69, 9.17) is 0 Å². The number of H-pyrrole nitrogens is 1. The molecule has 1 fully saturated rings. The lowest BCUT2D eigenvalue weighted by atomic mass is 10.1. The molecule has 15 heavy (non-hydrogen) atoms. The zero-order valence-corrected chi connectivity index (χ0v) is 8.83. The highest BCUT2D eigenvalue weighted by Crippen LogP contribution is 2.19. The molecule has 4 nitrogen and oxygen atoms in total. The standard InChI is InChI=1S/C11H17N3O/c15-11-7-10(12-8-13-11)14-9-5-3-1-2-4-6-9/h7-9H,1-6H2,(H2,12,13,14,15). The molecule has 0 unspecified atom stereocenters. The Morgan fingerprint density at radius 2 is 2.00 bits per heavy atom. The molecule has 2 N–H and O–H groups in total. The van der Waals surface area contributed by atoms with Gasteiger partial charge < -0.3 is 10.3 Å². The van der Waals surface area contributed by atoms with Crippen LogP contribution in [-0.2, 0) is 0 Å². The van der Waals surface area contributed by atoms with Gasteiger partial charge in [-0.3, -0.25) is 4.79 Å². The summed E-state index contributed by atoms with van der Waals surface area (Å²) in [6.45, 7) is 0. The van der Waals surface area contributed by atoms with E-state index >= 15 is 0 Å². The third-order valence-corrected chi connectivity index (χ3v) is 2.89. The van der Waals surface area contributed by atoms with Crippen molar-refractivity contribution in [1.29, 1.82) is 0 Å². The van der Waals surface area contributed by atoms with Crippen LogP contribution in [0.25, 0.3) is 0 Å². The van der Waals surface area contributed by atoms with Crippen LogP contribution in [0.4, 0.5) is 5.82 Å². The topological polar surface area (TPSA) is 57.8 Å². The number of nitrogens with one attached hydrogen (secondary N) is 2. The maximum absolute atomic E-state index is 11.1. The number of aromatic nitrogens is 2. The van der Waals surface area contributed by atoms with Gasteiger partial charge in [0.2, 0.25) is 0 Å². The van der Waals surface area contributed by atoms with Crippen LogP contribution in [0.2, 0.25) is 0 Å². The van der Waals surface area contributed by atoms with Gasteiger partial charge >= 0.3 is 0 Å². The Balaban J connectivity index is 1.98. The van der Waals surface area contributed by atoms with E-state index in [0.29, 0.717) is 11.9 Å². The van der Waals surface area contributed by atoms with Crippen molar-refractivity contribution in [3.05, 3.63) is 22.7 Å². The summed E-state index contributed by atoms with van der Waals surface area (Å²) in [5, 5.41) is 3.33. The predicted molar refractivity (Wildman–Crippen MR) is 60.0 cm³/mol. The molecule has 82 valence electrons. The fourth-order valence-electron chi connectivity index (χ4n) is 2.08. The van der Waals surface area contributed by atoms with Gasteiger partial charge in [0.05, 0.1) is 6.33 Å². The van der Waals surface area contributed by atoms with Gasteiger partial charge in [0, 0.05) is 12.1 Å². The Bertz CT molecular complexity index is 353. The summed E-state index contributed by atoms with van der Waals surface area (Å²) in [6, 6.07) is 2.01. The molecule has 2 rings (SSSR count). The molecule has 4 heteroatoms. The van der Waals surface area contributed by atoms with Crippen molar-refractivity contribution < 1.29 is 0 Å². The van der Waals surface area contributed by atoms with Crippen LogP contribution >= 0.6 is 0 Å². The summed E-state index contributed by atoms with van der Waals surface area (Å²) in [5.41, 5.74) is -0.0962. The van der Waals surface area contributed by atoms with Gasteiger partial charge in [-0.05, 0) is 12.8 Å². The lowest BCUT2D eigenvalue weighted by Gasteiger charge is -2.16. The van der Waals surface area contributed by atoms with Crippen molar-refractivity contribution in [2.24, 2.45) is 0 Å². The van der Waals surface area contributed by atoms with Crippen molar-refractivity contribution in [3.8, 4) is 0 Å². The maximum atomic E-state index is 11.1. The second kappa shape index (κ2) is 4.96. The van der Waals surface area contributed by atoms with E-state index in [0.717, 1.165) is 0 Å². The molecule has 0 radical (unpaired) electrons. The quantitative estimate of drug-likeness (QED) is 0.728. The van der Waals surface area contributed by atoms with Crippen LogP contribution in [0.3, 0.4) is 0 Å². The largest absolute Gasteiger partial charge is 0.367 e. The van der Waals surface area contributed by atoms with Gasteiger partial charge in [0.1, 0.15) is 5.82 Å². The van der Waals surface area contributed by atoms with Crippen molar-refractivity contribution >= 4 is 5.82 Å². The van der Waals surface area contributed by atoms with Crippen molar-refractivity contribution in [2.45, 2.75) is 44.6 Å². The van der Waals surface area contributed by atoms with Crippen molar-refractivity contribution in [1.82, 2.24) is 9.97 Å². The zero-order valence-electron chi connectivity index (χ0n) is 8.83. The first-order valence-electron chi connectivity index (χ1n) is 5.66. The summed E-state index contributed by atoms with van der Waals surface area (Å²) in [6.07, 6.45) is 9.05. The lowest BCUT2D eigenvalue weighted by Crippen LogP contribution is -2.20.